The molecule has 0 aliphatic rings. The molecule has 0 bridgehead atoms. The lowest BCUT2D eigenvalue weighted by atomic mass is 10.1. The van der Waals surface area contributed by atoms with Crippen molar-refractivity contribution in [2.75, 3.05) is 0 Å². The van der Waals surface area contributed by atoms with E-state index in [1.165, 1.54) is 19.1 Å². The van der Waals surface area contributed by atoms with Gasteiger partial charge in [0, 0.05) is 0 Å². The summed E-state index contributed by atoms with van der Waals surface area (Å²) < 4.78 is 74.8. The zero-order valence-electron chi connectivity index (χ0n) is 9.45. The molecule has 0 radical (unpaired) electrons. The highest BCUT2D eigenvalue weighted by atomic mass is 32.2. The number of hydrogen-bond acceptors (Lipinski definition) is 3. The third kappa shape index (κ3) is 3.20. The summed E-state index contributed by atoms with van der Waals surface area (Å²) in [6.07, 6.45) is -1.42. The van der Waals surface area contributed by atoms with E-state index >= 15 is 0 Å². The highest BCUT2D eigenvalue weighted by molar-refractivity contribution is 7.87. The Morgan fingerprint density at radius 1 is 1.28 bits per heavy atom. The minimum absolute atomic E-state index is 0.00549. The van der Waals surface area contributed by atoms with Crippen LogP contribution in [0.2, 0.25) is 0 Å². The van der Waals surface area contributed by atoms with Crippen LogP contribution in [-0.4, -0.2) is 13.9 Å². The molecule has 1 unspecified atom stereocenters. The largest absolute Gasteiger partial charge is 0.523 e. The number of halogens is 4. The van der Waals surface area contributed by atoms with E-state index in [2.05, 4.69) is 4.18 Å². The minimum atomic E-state index is -5.69. The SMILES string of the molecule is Cc1ccc(C(C)OS(=O)(=O)C(F)(F)F)cc1F. The van der Waals surface area contributed by atoms with Crippen molar-refractivity contribution in [1.29, 1.82) is 0 Å². The van der Waals surface area contributed by atoms with Gasteiger partial charge in [-0.05, 0) is 31.0 Å². The Hall–Kier alpha value is -1.15. The van der Waals surface area contributed by atoms with Crippen LogP contribution in [0.15, 0.2) is 18.2 Å². The Morgan fingerprint density at radius 3 is 2.28 bits per heavy atom. The maximum atomic E-state index is 13.2. The van der Waals surface area contributed by atoms with Gasteiger partial charge in [-0.2, -0.15) is 21.6 Å². The van der Waals surface area contributed by atoms with Crippen LogP contribution in [0, 0.1) is 12.7 Å². The lowest BCUT2D eigenvalue weighted by Crippen LogP contribution is -2.26. The van der Waals surface area contributed by atoms with Gasteiger partial charge in [0.05, 0.1) is 6.10 Å². The fourth-order valence-electron chi connectivity index (χ4n) is 1.16. The van der Waals surface area contributed by atoms with E-state index in [1.807, 2.05) is 0 Å². The molecule has 1 rings (SSSR count). The molecule has 0 spiro atoms. The average molecular weight is 286 g/mol. The standard InChI is InChI=1S/C10H10F4O3S/c1-6-3-4-8(5-9(6)11)7(2)17-18(15,16)10(12,13)14/h3-5,7H,1-2H3. The number of aryl methyl sites for hydroxylation is 1. The van der Waals surface area contributed by atoms with Gasteiger partial charge in [0.1, 0.15) is 5.82 Å². The van der Waals surface area contributed by atoms with Crippen LogP contribution in [0.5, 0.6) is 0 Å². The quantitative estimate of drug-likeness (QED) is 0.487. The maximum absolute atomic E-state index is 13.2. The third-order valence-corrected chi connectivity index (χ3v) is 3.33. The fourth-order valence-corrected chi connectivity index (χ4v) is 1.76. The first-order valence-electron chi connectivity index (χ1n) is 4.80. The zero-order chi connectivity index (χ0) is 14.1. The zero-order valence-corrected chi connectivity index (χ0v) is 10.3. The van der Waals surface area contributed by atoms with Crippen molar-refractivity contribution in [3.63, 3.8) is 0 Å². The van der Waals surface area contributed by atoms with Gasteiger partial charge < -0.3 is 0 Å². The molecule has 3 nitrogen and oxygen atoms in total. The predicted molar refractivity (Wildman–Crippen MR) is 55.6 cm³/mol. The van der Waals surface area contributed by atoms with E-state index in [0.717, 1.165) is 13.0 Å². The van der Waals surface area contributed by atoms with Gasteiger partial charge in [0.15, 0.2) is 0 Å². The Kier molecular flexibility index (Phi) is 4.02. The van der Waals surface area contributed by atoms with Gasteiger partial charge in [0.25, 0.3) is 0 Å². The van der Waals surface area contributed by atoms with E-state index in [9.17, 15) is 26.0 Å². The van der Waals surface area contributed by atoms with Crippen molar-refractivity contribution in [1.82, 2.24) is 0 Å². The van der Waals surface area contributed by atoms with Gasteiger partial charge in [-0.3, -0.25) is 4.18 Å². The molecule has 102 valence electrons. The Morgan fingerprint density at radius 2 is 1.83 bits per heavy atom. The Bertz CT molecular complexity index is 537. The van der Waals surface area contributed by atoms with E-state index in [1.54, 1.807) is 0 Å². The van der Waals surface area contributed by atoms with Crippen molar-refractivity contribution in [2.24, 2.45) is 0 Å². The topological polar surface area (TPSA) is 43.4 Å². The van der Waals surface area contributed by atoms with Crippen LogP contribution in [-0.2, 0) is 14.3 Å². The maximum Gasteiger partial charge on any atom is 0.523 e. The normalized spacial score (nSPS) is 14.6. The van der Waals surface area contributed by atoms with Gasteiger partial charge in [-0.15, -0.1) is 0 Å². The molecule has 0 amide bonds. The molecule has 1 atom stereocenters. The number of hydrogen-bond donors (Lipinski definition) is 0. The van der Waals surface area contributed by atoms with E-state index in [-0.39, 0.29) is 5.56 Å². The molecule has 0 aromatic heterocycles. The first-order chi connectivity index (χ1) is 8.04. The van der Waals surface area contributed by atoms with Gasteiger partial charge >= 0.3 is 15.6 Å². The molecule has 0 fully saturated rings. The number of alkyl halides is 3. The summed E-state index contributed by atoms with van der Waals surface area (Å²) in [5, 5.41) is 0. The van der Waals surface area contributed by atoms with Crippen molar-refractivity contribution in [2.45, 2.75) is 25.5 Å². The summed E-state index contributed by atoms with van der Waals surface area (Å²) in [6, 6.07) is 3.56. The lowest BCUT2D eigenvalue weighted by Gasteiger charge is -2.15. The second-order valence-electron chi connectivity index (χ2n) is 3.65. The molecule has 0 saturated heterocycles. The third-order valence-electron chi connectivity index (χ3n) is 2.22. The highest BCUT2D eigenvalue weighted by Gasteiger charge is 2.48. The Labute approximate surface area is 102 Å². The molecule has 1 aromatic carbocycles. The second-order valence-corrected chi connectivity index (χ2v) is 5.21. The summed E-state index contributed by atoms with van der Waals surface area (Å²) in [7, 11) is -5.69. The highest BCUT2D eigenvalue weighted by Crippen LogP contribution is 2.30. The van der Waals surface area contributed by atoms with E-state index in [4.69, 9.17) is 0 Å². The van der Waals surface area contributed by atoms with Crippen LogP contribution in [0.25, 0.3) is 0 Å². The van der Waals surface area contributed by atoms with Crippen molar-refractivity contribution < 1.29 is 30.2 Å². The minimum Gasteiger partial charge on any atom is -0.255 e. The molecule has 18 heavy (non-hydrogen) atoms. The predicted octanol–water partition coefficient (Wildman–Crippen LogP) is 3.06. The summed E-state index contributed by atoms with van der Waals surface area (Å²) in [6.45, 7) is 2.56. The number of benzene rings is 1. The van der Waals surface area contributed by atoms with Crippen LogP contribution in [0.1, 0.15) is 24.2 Å². The lowest BCUT2D eigenvalue weighted by molar-refractivity contribution is -0.0569. The Balaban J connectivity index is 2.96. The van der Waals surface area contributed by atoms with Gasteiger partial charge in [0.2, 0.25) is 0 Å². The van der Waals surface area contributed by atoms with Crippen molar-refractivity contribution in [3.05, 3.63) is 35.1 Å². The van der Waals surface area contributed by atoms with Crippen LogP contribution >= 0.6 is 0 Å². The first-order valence-corrected chi connectivity index (χ1v) is 6.21. The first kappa shape index (κ1) is 14.9. The summed E-state index contributed by atoms with van der Waals surface area (Å²) in [5.74, 6) is -0.646. The molecule has 0 aliphatic heterocycles. The molecule has 8 heteroatoms. The van der Waals surface area contributed by atoms with Crippen molar-refractivity contribution in [3.8, 4) is 0 Å². The second kappa shape index (κ2) is 4.85. The van der Waals surface area contributed by atoms with E-state index < -0.39 is 27.5 Å². The molecule has 0 aliphatic carbocycles. The summed E-state index contributed by atoms with van der Waals surface area (Å²) in [4.78, 5) is 0. The average Bonchev–Trinajstić information content (AvgIpc) is 2.19. The molecule has 1 aromatic rings. The monoisotopic (exact) mass is 286 g/mol. The number of rotatable bonds is 3. The van der Waals surface area contributed by atoms with Crippen LogP contribution in [0.3, 0.4) is 0 Å². The summed E-state index contributed by atoms with van der Waals surface area (Å²) in [5.41, 5.74) is -5.19. The smallest absolute Gasteiger partial charge is 0.255 e. The van der Waals surface area contributed by atoms with Gasteiger partial charge in [-0.1, -0.05) is 12.1 Å². The van der Waals surface area contributed by atoms with Crippen LogP contribution in [0.4, 0.5) is 17.6 Å². The molecular weight excluding hydrogens is 276 g/mol. The fraction of sp³-hybridized carbons (Fsp3) is 0.400. The molecule has 0 heterocycles. The van der Waals surface area contributed by atoms with Crippen LogP contribution < -0.4 is 0 Å². The molecule has 0 saturated carbocycles. The van der Waals surface area contributed by atoms with Crippen molar-refractivity contribution >= 4 is 10.1 Å². The molecule has 0 N–H and O–H groups in total. The molecular formula is C10H10F4O3S. The summed E-state index contributed by atoms with van der Waals surface area (Å²) >= 11 is 0. The van der Waals surface area contributed by atoms with E-state index in [0.29, 0.717) is 5.56 Å². The van der Waals surface area contributed by atoms with Gasteiger partial charge in [-0.25, -0.2) is 4.39 Å².